The predicted molar refractivity (Wildman–Crippen MR) is 104 cm³/mol. The lowest BCUT2D eigenvalue weighted by Gasteiger charge is -2.30. The topological polar surface area (TPSA) is 105 Å². The fourth-order valence-electron chi connectivity index (χ4n) is 3.00. The van der Waals surface area contributed by atoms with E-state index < -0.39 is 24.0 Å². The molecule has 3 N–H and O–H groups in total. The Morgan fingerprint density at radius 3 is 2.67 bits per heavy atom. The maximum atomic E-state index is 13.6. The molecule has 3 heterocycles. The number of hydrogen-bond acceptors (Lipinski definition) is 5. The van der Waals surface area contributed by atoms with Crippen LogP contribution in [0.25, 0.3) is 5.65 Å². The second-order valence-corrected chi connectivity index (χ2v) is 6.64. The van der Waals surface area contributed by atoms with E-state index in [0.29, 0.717) is 24.0 Å². The van der Waals surface area contributed by atoms with Crippen molar-refractivity contribution in [3.8, 4) is 0 Å². The number of aliphatic hydroxyl groups is 1. The van der Waals surface area contributed by atoms with E-state index in [9.17, 15) is 18.3 Å². The average Bonchev–Trinajstić information content (AvgIpc) is 3.31. The monoisotopic (exact) mass is 424 g/mol. The number of aryl methyl sites for hydroxylation is 1. The van der Waals surface area contributed by atoms with Crippen LogP contribution in [-0.4, -0.2) is 54.5 Å². The van der Waals surface area contributed by atoms with Crippen molar-refractivity contribution in [1.82, 2.24) is 34.8 Å². The van der Waals surface area contributed by atoms with Gasteiger partial charge in [-0.15, -0.1) is 10.2 Å². The number of alkyl halides is 3. The van der Waals surface area contributed by atoms with Gasteiger partial charge in [0.2, 0.25) is 5.60 Å². The number of fused-ring (bicyclic) bond motifs is 1. The van der Waals surface area contributed by atoms with E-state index in [0.717, 1.165) is 4.57 Å². The van der Waals surface area contributed by atoms with Crippen LogP contribution >= 0.6 is 0 Å². The number of aromatic nitrogens is 5. The first kappa shape index (κ1) is 21.6. The Bertz CT molecular complexity index is 1010. The number of rotatable bonds is 7. The summed E-state index contributed by atoms with van der Waals surface area (Å²) in [6.45, 7) is 2.33. The van der Waals surface area contributed by atoms with Crippen LogP contribution in [0.3, 0.4) is 0 Å². The molecule has 0 spiro atoms. The minimum atomic E-state index is -4.89. The molecule has 0 aliphatic rings. The molecule has 0 saturated carbocycles. The number of aliphatic imine (C=N–C) groups is 1. The summed E-state index contributed by atoms with van der Waals surface area (Å²) in [7, 11) is 1.40. The molecule has 3 aromatic rings. The third-order valence-electron chi connectivity index (χ3n) is 4.55. The smallest absolute Gasteiger partial charge is 0.374 e. The van der Waals surface area contributed by atoms with Gasteiger partial charge in [-0.1, -0.05) is 6.07 Å². The van der Waals surface area contributed by atoms with Gasteiger partial charge in [0, 0.05) is 45.1 Å². The minimum Gasteiger partial charge on any atom is -0.374 e. The standard InChI is InChI=1S/C18H23F3N8O/c1-3-22-16(25-12-14-27-26-13-6-4-5-10-29(13)14)24-8-7-17(30,18(19,20)21)15-23-9-11-28(15)2/h4-6,9-11,30H,3,7-8,12H2,1-2H3,(H2,22,24,25). The van der Waals surface area contributed by atoms with Crippen LogP contribution in [0.4, 0.5) is 13.2 Å². The van der Waals surface area contributed by atoms with Crippen molar-refractivity contribution in [1.29, 1.82) is 0 Å². The van der Waals surface area contributed by atoms with Crippen molar-refractivity contribution in [2.24, 2.45) is 12.0 Å². The molecule has 30 heavy (non-hydrogen) atoms. The summed E-state index contributed by atoms with van der Waals surface area (Å²) in [5.74, 6) is 0.422. The number of guanidine groups is 1. The summed E-state index contributed by atoms with van der Waals surface area (Å²) in [5, 5.41) is 24.3. The molecule has 0 fully saturated rings. The quantitative estimate of drug-likeness (QED) is 0.391. The highest BCUT2D eigenvalue weighted by Crippen LogP contribution is 2.40. The molecule has 9 nitrogen and oxygen atoms in total. The minimum absolute atomic E-state index is 0.170. The van der Waals surface area contributed by atoms with Crippen LogP contribution in [0.5, 0.6) is 0 Å². The second-order valence-electron chi connectivity index (χ2n) is 6.64. The molecule has 12 heteroatoms. The molecule has 1 atom stereocenters. The Morgan fingerprint density at radius 1 is 1.20 bits per heavy atom. The lowest BCUT2D eigenvalue weighted by Crippen LogP contribution is -2.47. The van der Waals surface area contributed by atoms with Gasteiger partial charge in [0.25, 0.3) is 0 Å². The number of halogens is 3. The number of nitrogens with one attached hydrogen (secondary N) is 2. The molecule has 0 aromatic carbocycles. The van der Waals surface area contributed by atoms with Gasteiger partial charge in [0.1, 0.15) is 12.4 Å². The zero-order valence-corrected chi connectivity index (χ0v) is 16.6. The largest absolute Gasteiger partial charge is 0.424 e. The number of nitrogens with zero attached hydrogens (tertiary/aromatic N) is 6. The first-order valence-corrected chi connectivity index (χ1v) is 9.34. The maximum Gasteiger partial charge on any atom is 0.424 e. The highest BCUT2D eigenvalue weighted by Gasteiger charge is 2.57. The molecule has 0 bridgehead atoms. The number of imidazole rings is 1. The fourth-order valence-corrected chi connectivity index (χ4v) is 3.00. The molecule has 0 saturated heterocycles. The SMILES string of the molecule is CCNC(=NCc1nnc2ccccn12)NCCC(O)(c1nccn1C)C(F)(F)F. The normalized spacial score (nSPS) is 14.7. The molecule has 162 valence electrons. The molecule has 3 aromatic heterocycles. The van der Waals surface area contributed by atoms with Crippen molar-refractivity contribution in [2.45, 2.75) is 31.7 Å². The summed E-state index contributed by atoms with van der Waals surface area (Å²) < 4.78 is 43.8. The zero-order valence-electron chi connectivity index (χ0n) is 16.6. The van der Waals surface area contributed by atoms with Crippen LogP contribution in [0, 0.1) is 0 Å². The first-order valence-electron chi connectivity index (χ1n) is 9.34. The number of pyridine rings is 1. The van der Waals surface area contributed by atoms with E-state index in [1.54, 1.807) is 16.7 Å². The summed E-state index contributed by atoms with van der Waals surface area (Å²) in [6.07, 6.45) is -1.15. The van der Waals surface area contributed by atoms with Crippen molar-refractivity contribution in [3.05, 3.63) is 48.4 Å². The van der Waals surface area contributed by atoms with Crippen LogP contribution in [0.15, 0.2) is 41.8 Å². The Labute approximate surface area is 170 Å². The summed E-state index contributed by atoms with van der Waals surface area (Å²) in [5.41, 5.74) is -2.41. The van der Waals surface area contributed by atoms with E-state index in [4.69, 9.17) is 0 Å². The third kappa shape index (κ3) is 4.37. The summed E-state index contributed by atoms with van der Waals surface area (Å²) in [6, 6.07) is 5.48. The van der Waals surface area contributed by atoms with Crippen LogP contribution in [0.1, 0.15) is 25.0 Å². The predicted octanol–water partition coefficient (Wildman–Crippen LogP) is 1.36. The summed E-state index contributed by atoms with van der Waals surface area (Å²) in [4.78, 5) is 8.04. The molecular formula is C18H23F3N8O. The lowest BCUT2D eigenvalue weighted by molar-refractivity contribution is -0.272. The molecule has 0 radical (unpaired) electrons. The Morgan fingerprint density at radius 2 is 2.00 bits per heavy atom. The van der Waals surface area contributed by atoms with Gasteiger partial charge < -0.3 is 20.3 Å². The van der Waals surface area contributed by atoms with Gasteiger partial charge in [-0.3, -0.25) is 4.40 Å². The second kappa shape index (κ2) is 8.69. The van der Waals surface area contributed by atoms with E-state index >= 15 is 0 Å². The number of hydrogen-bond donors (Lipinski definition) is 3. The Kier molecular flexibility index (Phi) is 6.25. The van der Waals surface area contributed by atoms with Gasteiger partial charge in [0.05, 0.1) is 0 Å². The van der Waals surface area contributed by atoms with Gasteiger partial charge in [-0.25, -0.2) is 9.98 Å². The van der Waals surface area contributed by atoms with Gasteiger partial charge in [-0.05, 0) is 19.1 Å². The lowest BCUT2D eigenvalue weighted by atomic mass is 9.97. The van der Waals surface area contributed by atoms with Crippen molar-refractivity contribution in [3.63, 3.8) is 0 Å². The fraction of sp³-hybridized carbons (Fsp3) is 0.444. The maximum absolute atomic E-state index is 13.6. The molecule has 0 aliphatic heterocycles. The summed E-state index contributed by atoms with van der Waals surface area (Å²) >= 11 is 0. The van der Waals surface area contributed by atoms with Gasteiger partial charge in [0.15, 0.2) is 17.4 Å². The van der Waals surface area contributed by atoms with E-state index in [-0.39, 0.29) is 13.1 Å². The van der Waals surface area contributed by atoms with Gasteiger partial charge in [-0.2, -0.15) is 13.2 Å². The Balaban J connectivity index is 1.70. The molecule has 3 rings (SSSR count). The average molecular weight is 424 g/mol. The molecule has 0 amide bonds. The third-order valence-corrected chi connectivity index (χ3v) is 4.55. The van der Waals surface area contributed by atoms with Crippen molar-refractivity contribution in [2.75, 3.05) is 13.1 Å². The highest BCUT2D eigenvalue weighted by atomic mass is 19.4. The van der Waals surface area contributed by atoms with Crippen molar-refractivity contribution < 1.29 is 18.3 Å². The van der Waals surface area contributed by atoms with E-state index in [1.165, 1.54) is 19.4 Å². The van der Waals surface area contributed by atoms with Gasteiger partial charge >= 0.3 is 6.18 Å². The zero-order chi connectivity index (χ0) is 21.8. The van der Waals surface area contributed by atoms with Crippen molar-refractivity contribution >= 4 is 11.6 Å². The highest BCUT2D eigenvalue weighted by molar-refractivity contribution is 5.79. The van der Waals surface area contributed by atoms with Crippen LogP contribution in [0.2, 0.25) is 0 Å². The van der Waals surface area contributed by atoms with Crippen LogP contribution < -0.4 is 10.6 Å². The molecular weight excluding hydrogens is 401 g/mol. The molecule has 0 aliphatic carbocycles. The molecule has 1 unspecified atom stereocenters. The van der Waals surface area contributed by atoms with E-state index in [1.807, 2.05) is 19.1 Å². The van der Waals surface area contributed by atoms with Crippen LogP contribution in [-0.2, 0) is 19.2 Å². The van der Waals surface area contributed by atoms with E-state index in [2.05, 4.69) is 30.8 Å². The first-order chi connectivity index (χ1) is 14.3. The Hall–Kier alpha value is -3.15.